The van der Waals surface area contributed by atoms with Gasteiger partial charge in [-0.2, -0.15) is 5.10 Å². The lowest BCUT2D eigenvalue weighted by molar-refractivity contribution is 0.224. The Bertz CT molecular complexity index is 1760. The molecule has 0 amide bonds. The highest BCUT2D eigenvalue weighted by atomic mass is 32.2. The number of sulfone groups is 1. The molecular formula is C28H27F2N7O2S. The minimum atomic E-state index is -3.67. The van der Waals surface area contributed by atoms with Crippen molar-refractivity contribution in [3.8, 4) is 11.3 Å². The Hall–Kier alpha value is -4.06. The molecule has 3 aromatic heterocycles. The number of aromatic nitrogens is 5. The van der Waals surface area contributed by atoms with Gasteiger partial charge in [0.1, 0.15) is 11.5 Å². The molecule has 9 nitrogen and oxygen atoms in total. The van der Waals surface area contributed by atoms with Gasteiger partial charge >= 0.3 is 0 Å². The van der Waals surface area contributed by atoms with E-state index < -0.39 is 16.3 Å². The van der Waals surface area contributed by atoms with Crippen molar-refractivity contribution in [1.82, 2.24) is 24.7 Å². The van der Waals surface area contributed by atoms with Crippen LogP contribution >= 0.6 is 0 Å². The number of nitrogens with one attached hydrogen (secondary N) is 1. The summed E-state index contributed by atoms with van der Waals surface area (Å²) in [5.41, 5.74) is 4.59. The van der Waals surface area contributed by atoms with E-state index in [1.54, 1.807) is 31.2 Å². The molecule has 1 fully saturated rings. The van der Waals surface area contributed by atoms with Crippen LogP contribution in [0.25, 0.3) is 11.3 Å². The number of hydrogen-bond acceptors (Lipinski definition) is 8. The average Bonchev–Trinajstić information content (AvgIpc) is 3.43. The first kappa shape index (κ1) is 26.2. The molecule has 0 saturated heterocycles. The summed E-state index contributed by atoms with van der Waals surface area (Å²) in [7, 11) is -3.67. The van der Waals surface area contributed by atoms with E-state index in [1.165, 1.54) is 0 Å². The Balaban J connectivity index is 1.40. The fourth-order valence-electron chi connectivity index (χ4n) is 4.90. The van der Waals surface area contributed by atoms with Crippen LogP contribution in [0.5, 0.6) is 0 Å². The maximum absolute atomic E-state index is 13.6. The van der Waals surface area contributed by atoms with Crippen LogP contribution in [-0.4, -0.2) is 51.5 Å². The average molecular weight is 564 g/mol. The summed E-state index contributed by atoms with van der Waals surface area (Å²) >= 11 is 0. The second-order valence-corrected chi connectivity index (χ2v) is 12.3. The Kier molecular flexibility index (Phi) is 6.44. The zero-order chi connectivity index (χ0) is 28.2. The van der Waals surface area contributed by atoms with Gasteiger partial charge in [0.05, 0.1) is 45.1 Å². The third-order valence-electron chi connectivity index (χ3n) is 6.83. The standard InChI is InChI=1S/C28H27F2N7O2S/c1-15-10-18(32-16(2)31-15)12-19-13-23(27-24(33-19)14-25(35-27)28(29)30)34-22-7-4-17(11-26(22)40(3,38)39)21-8-9-37(36-21)20-5-6-20/h4,7-11,13,20,28H,5-6,12,14H2,1-3H3,(H,33,34). The molecule has 6 rings (SSSR count). The molecule has 0 spiro atoms. The van der Waals surface area contributed by atoms with Gasteiger partial charge in [-0.3, -0.25) is 9.67 Å². The number of rotatable bonds is 8. The summed E-state index contributed by atoms with van der Waals surface area (Å²) in [5.74, 6) is 0.623. The number of fused-ring (bicyclic) bond motifs is 1. The van der Waals surface area contributed by atoms with E-state index in [2.05, 4.69) is 30.4 Å². The van der Waals surface area contributed by atoms with Crippen molar-refractivity contribution in [2.45, 2.75) is 56.9 Å². The van der Waals surface area contributed by atoms with Gasteiger partial charge in [0.2, 0.25) is 0 Å². The summed E-state index contributed by atoms with van der Waals surface area (Å²) in [6, 6.07) is 10.9. The van der Waals surface area contributed by atoms with E-state index in [9.17, 15) is 17.2 Å². The number of aryl methyl sites for hydroxylation is 2. The third-order valence-corrected chi connectivity index (χ3v) is 7.97. The summed E-state index contributed by atoms with van der Waals surface area (Å²) in [6.45, 7) is 3.67. The van der Waals surface area contributed by atoms with Crippen LogP contribution in [-0.2, 0) is 22.7 Å². The van der Waals surface area contributed by atoms with Crippen LogP contribution in [0.2, 0.25) is 0 Å². The SMILES string of the molecule is Cc1cc(Cc2cc(Nc3ccc(-c4ccn(C5CC5)n4)cc3S(C)(=O)=O)c3c(n2)CC(C(F)F)=N3)nc(C)n1. The molecule has 0 unspecified atom stereocenters. The first-order valence-corrected chi connectivity index (χ1v) is 14.8. The number of nitrogens with zero attached hydrogens (tertiary/aromatic N) is 6. The summed E-state index contributed by atoms with van der Waals surface area (Å²) in [5, 5.41) is 7.78. The van der Waals surface area contributed by atoms with Gasteiger partial charge in [-0.15, -0.1) is 0 Å². The lowest BCUT2D eigenvalue weighted by Gasteiger charge is -2.15. The molecule has 0 atom stereocenters. The van der Waals surface area contributed by atoms with Crippen molar-refractivity contribution in [1.29, 1.82) is 0 Å². The Labute approximate surface area is 230 Å². The second kappa shape index (κ2) is 9.84. The number of benzene rings is 1. The highest BCUT2D eigenvalue weighted by Crippen LogP contribution is 2.40. The fraction of sp³-hybridized carbons (Fsp3) is 0.321. The number of anilines is 2. The van der Waals surface area contributed by atoms with Crippen LogP contribution in [0.1, 0.15) is 47.5 Å². The molecule has 0 radical (unpaired) electrons. The molecular weight excluding hydrogens is 536 g/mol. The second-order valence-electron chi connectivity index (χ2n) is 10.3. The molecule has 1 saturated carbocycles. The molecule has 206 valence electrons. The molecule has 1 aliphatic carbocycles. The number of hydrogen-bond donors (Lipinski definition) is 1. The summed E-state index contributed by atoms with van der Waals surface area (Å²) in [6.07, 6.45) is 2.75. The van der Waals surface area contributed by atoms with Crippen molar-refractivity contribution >= 4 is 32.6 Å². The van der Waals surface area contributed by atoms with Gasteiger partial charge in [-0.1, -0.05) is 6.07 Å². The van der Waals surface area contributed by atoms with E-state index in [1.807, 2.05) is 29.9 Å². The van der Waals surface area contributed by atoms with E-state index in [0.29, 0.717) is 52.3 Å². The quantitative estimate of drug-likeness (QED) is 0.309. The van der Waals surface area contributed by atoms with Crippen LogP contribution in [0.3, 0.4) is 0 Å². The van der Waals surface area contributed by atoms with Gasteiger partial charge in [0, 0.05) is 42.2 Å². The van der Waals surface area contributed by atoms with Gasteiger partial charge in [0.15, 0.2) is 9.84 Å². The van der Waals surface area contributed by atoms with E-state index >= 15 is 0 Å². The van der Waals surface area contributed by atoms with E-state index in [-0.39, 0.29) is 22.7 Å². The molecule has 12 heteroatoms. The van der Waals surface area contributed by atoms with E-state index in [4.69, 9.17) is 0 Å². The predicted octanol–water partition coefficient (Wildman–Crippen LogP) is 5.32. The first-order chi connectivity index (χ1) is 19.0. The zero-order valence-electron chi connectivity index (χ0n) is 22.2. The molecule has 0 bridgehead atoms. The Morgan fingerprint density at radius 2 is 1.80 bits per heavy atom. The largest absolute Gasteiger partial charge is 0.353 e. The lowest BCUT2D eigenvalue weighted by Crippen LogP contribution is -2.10. The molecule has 1 aromatic carbocycles. The highest BCUT2D eigenvalue weighted by Gasteiger charge is 2.28. The predicted molar refractivity (Wildman–Crippen MR) is 148 cm³/mol. The number of aliphatic imine (C=N–C) groups is 1. The Morgan fingerprint density at radius 1 is 1.02 bits per heavy atom. The lowest BCUT2D eigenvalue weighted by atomic mass is 10.1. The first-order valence-electron chi connectivity index (χ1n) is 12.9. The van der Waals surface area contributed by atoms with Crippen molar-refractivity contribution in [2.75, 3.05) is 11.6 Å². The van der Waals surface area contributed by atoms with Gasteiger partial charge in [-0.25, -0.2) is 32.2 Å². The summed E-state index contributed by atoms with van der Waals surface area (Å²) in [4.78, 5) is 17.6. The van der Waals surface area contributed by atoms with Crippen LogP contribution in [0, 0.1) is 13.8 Å². The van der Waals surface area contributed by atoms with Crippen molar-refractivity contribution in [3.05, 3.63) is 71.2 Å². The number of pyridine rings is 1. The zero-order valence-corrected chi connectivity index (χ0v) is 23.0. The van der Waals surface area contributed by atoms with Crippen LogP contribution in [0.4, 0.5) is 25.8 Å². The maximum atomic E-state index is 13.6. The highest BCUT2D eigenvalue weighted by molar-refractivity contribution is 7.90. The van der Waals surface area contributed by atoms with Crippen LogP contribution in [0.15, 0.2) is 52.5 Å². The molecule has 4 heterocycles. The molecule has 1 aliphatic heterocycles. The minimum Gasteiger partial charge on any atom is -0.353 e. The Morgan fingerprint density at radius 3 is 2.50 bits per heavy atom. The molecule has 1 N–H and O–H groups in total. The van der Waals surface area contributed by atoms with E-state index in [0.717, 1.165) is 30.5 Å². The summed E-state index contributed by atoms with van der Waals surface area (Å²) < 4.78 is 54.9. The molecule has 2 aliphatic rings. The fourth-order valence-corrected chi connectivity index (χ4v) is 5.76. The van der Waals surface area contributed by atoms with Crippen molar-refractivity contribution < 1.29 is 17.2 Å². The maximum Gasteiger partial charge on any atom is 0.277 e. The third kappa shape index (κ3) is 5.35. The molecule has 40 heavy (non-hydrogen) atoms. The number of halogens is 2. The van der Waals surface area contributed by atoms with Crippen LogP contribution < -0.4 is 5.32 Å². The van der Waals surface area contributed by atoms with Gasteiger partial charge in [-0.05, 0) is 57.0 Å². The van der Waals surface area contributed by atoms with Gasteiger partial charge < -0.3 is 5.32 Å². The van der Waals surface area contributed by atoms with Crippen molar-refractivity contribution in [2.24, 2.45) is 4.99 Å². The monoisotopic (exact) mass is 563 g/mol. The smallest absolute Gasteiger partial charge is 0.277 e. The van der Waals surface area contributed by atoms with Gasteiger partial charge in [0.25, 0.3) is 6.43 Å². The number of alkyl halides is 2. The minimum absolute atomic E-state index is 0.0659. The molecule has 4 aromatic rings. The topological polar surface area (TPSA) is 115 Å². The normalized spacial score (nSPS) is 14.9. The van der Waals surface area contributed by atoms with Crippen molar-refractivity contribution in [3.63, 3.8) is 0 Å².